The van der Waals surface area contributed by atoms with E-state index >= 15 is 0 Å². The summed E-state index contributed by atoms with van der Waals surface area (Å²) >= 11 is 0. The van der Waals surface area contributed by atoms with Crippen molar-refractivity contribution in [3.63, 3.8) is 0 Å². The van der Waals surface area contributed by atoms with Gasteiger partial charge in [-0.2, -0.15) is 0 Å². The highest BCUT2D eigenvalue weighted by Gasteiger charge is 2.22. The highest BCUT2D eigenvalue weighted by Crippen LogP contribution is 2.38. The van der Waals surface area contributed by atoms with Crippen molar-refractivity contribution < 1.29 is 0 Å². The van der Waals surface area contributed by atoms with E-state index < -0.39 is 0 Å². The van der Waals surface area contributed by atoms with Gasteiger partial charge in [-0.15, -0.1) is 0 Å². The number of fused-ring (bicyclic) bond motifs is 5. The van der Waals surface area contributed by atoms with Crippen molar-refractivity contribution in [2.45, 2.75) is 0 Å². The standard InChI is InChI=1S/C42H27N7/c1-3-13-30(14-4-1)48-39(45-35-19-11-23-43-41(35)48)28-25-29(40-46-36-20-12-24-44-42(36)49(40)31-15-5-2-6-16-31)27-32(26-28)47-37-21-9-7-17-33(37)34-18-8-10-22-38(34)47/h1-27H. The fraction of sp³-hybridized carbons (Fsp3) is 0. The Labute approximate surface area is 281 Å². The first kappa shape index (κ1) is 27.3. The predicted octanol–water partition coefficient (Wildman–Crippen LogP) is 9.59. The molecule has 5 aromatic carbocycles. The van der Waals surface area contributed by atoms with Crippen LogP contribution in [0, 0.1) is 0 Å². The van der Waals surface area contributed by atoms with E-state index in [-0.39, 0.29) is 0 Å². The third-order valence-electron chi connectivity index (χ3n) is 9.13. The molecule has 7 nitrogen and oxygen atoms in total. The molecule has 0 aliphatic carbocycles. The van der Waals surface area contributed by atoms with Gasteiger partial charge in [0.05, 0.1) is 11.0 Å². The molecule has 10 rings (SSSR count). The van der Waals surface area contributed by atoms with Gasteiger partial charge in [0, 0.05) is 51.4 Å². The minimum Gasteiger partial charge on any atom is -0.309 e. The fourth-order valence-electron chi connectivity index (χ4n) is 7.05. The van der Waals surface area contributed by atoms with Crippen LogP contribution < -0.4 is 0 Å². The van der Waals surface area contributed by atoms with Crippen molar-refractivity contribution in [1.82, 2.24) is 33.6 Å². The van der Waals surface area contributed by atoms with Gasteiger partial charge in [-0.1, -0.05) is 72.8 Å². The van der Waals surface area contributed by atoms with Crippen LogP contribution in [0.3, 0.4) is 0 Å². The van der Waals surface area contributed by atoms with Crippen molar-refractivity contribution in [3.8, 4) is 39.8 Å². The molecule has 0 atom stereocenters. The van der Waals surface area contributed by atoms with Crippen LogP contribution in [0.2, 0.25) is 0 Å². The van der Waals surface area contributed by atoms with E-state index in [0.29, 0.717) is 0 Å². The Balaban J connectivity index is 1.33. The Morgan fingerprint density at radius 3 is 1.31 bits per heavy atom. The van der Waals surface area contributed by atoms with Crippen LogP contribution >= 0.6 is 0 Å². The number of aromatic nitrogens is 7. The monoisotopic (exact) mass is 629 g/mol. The molecule has 0 unspecified atom stereocenters. The summed E-state index contributed by atoms with van der Waals surface area (Å²) in [4.78, 5) is 20.0. The molecule has 0 bridgehead atoms. The van der Waals surface area contributed by atoms with E-state index in [0.717, 1.165) is 73.2 Å². The summed E-state index contributed by atoms with van der Waals surface area (Å²) in [5.41, 5.74) is 10.4. The summed E-state index contributed by atoms with van der Waals surface area (Å²) in [6.07, 6.45) is 3.64. The van der Waals surface area contributed by atoms with Crippen molar-refractivity contribution in [2.75, 3.05) is 0 Å². The highest BCUT2D eigenvalue weighted by molar-refractivity contribution is 6.09. The van der Waals surface area contributed by atoms with Crippen LogP contribution in [0.25, 0.3) is 84.0 Å². The molecule has 0 aliphatic rings. The van der Waals surface area contributed by atoms with E-state index in [9.17, 15) is 0 Å². The minimum atomic E-state index is 0.796. The predicted molar refractivity (Wildman–Crippen MR) is 196 cm³/mol. The van der Waals surface area contributed by atoms with Crippen molar-refractivity contribution >= 4 is 44.1 Å². The molecule has 5 heterocycles. The number of rotatable bonds is 5. The number of hydrogen-bond donors (Lipinski definition) is 0. The number of nitrogens with zero attached hydrogens (tertiary/aromatic N) is 7. The van der Waals surface area contributed by atoms with Crippen molar-refractivity contribution in [2.24, 2.45) is 0 Å². The van der Waals surface area contributed by atoms with Crippen molar-refractivity contribution in [1.29, 1.82) is 0 Å². The lowest BCUT2D eigenvalue weighted by atomic mass is 10.1. The van der Waals surface area contributed by atoms with Gasteiger partial charge in [-0.3, -0.25) is 9.13 Å². The maximum absolute atomic E-state index is 5.22. The van der Waals surface area contributed by atoms with Crippen LogP contribution in [0.15, 0.2) is 164 Å². The lowest BCUT2D eigenvalue weighted by molar-refractivity contribution is 1.07. The molecule has 7 heteroatoms. The molecular formula is C42H27N7. The summed E-state index contributed by atoms with van der Waals surface area (Å²) in [5.74, 6) is 1.59. The SMILES string of the molecule is c1ccc(-n2c(-c3cc(-c4nc5cccnc5n4-c4ccccc4)cc(-n4c5ccccc5c5ccccc54)c3)nc3cccnc32)cc1. The van der Waals surface area contributed by atoms with Crippen LogP contribution in [-0.2, 0) is 0 Å². The van der Waals surface area contributed by atoms with E-state index in [1.807, 2.05) is 73.1 Å². The van der Waals surface area contributed by atoms with Gasteiger partial charge in [0.2, 0.25) is 0 Å². The number of imidazole rings is 2. The van der Waals surface area contributed by atoms with E-state index in [1.165, 1.54) is 10.8 Å². The van der Waals surface area contributed by atoms with Crippen LogP contribution in [0.1, 0.15) is 0 Å². The molecule has 0 amide bonds. The second kappa shape index (κ2) is 10.9. The first-order chi connectivity index (χ1) is 24.3. The Bertz CT molecular complexity index is 2640. The van der Waals surface area contributed by atoms with Crippen LogP contribution in [0.4, 0.5) is 0 Å². The average molecular weight is 630 g/mol. The maximum atomic E-state index is 5.22. The minimum absolute atomic E-state index is 0.796. The Hall–Kier alpha value is -6.86. The molecule has 0 radical (unpaired) electrons. The lowest BCUT2D eigenvalue weighted by Crippen LogP contribution is -2.03. The molecule has 0 spiro atoms. The molecule has 0 fully saturated rings. The van der Waals surface area contributed by atoms with E-state index in [1.54, 1.807) is 0 Å². The second-order valence-corrected chi connectivity index (χ2v) is 12.0. The molecule has 0 saturated carbocycles. The van der Waals surface area contributed by atoms with Gasteiger partial charge in [0.25, 0.3) is 0 Å². The maximum Gasteiger partial charge on any atom is 0.164 e. The molecule has 10 aromatic rings. The number of para-hydroxylation sites is 4. The topological polar surface area (TPSA) is 66.3 Å². The summed E-state index contributed by atoms with van der Waals surface area (Å²) in [7, 11) is 0. The molecule has 0 aliphatic heterocycles. The van der Waals surface area contributed by atoms with Gasteiger partial charge < -0.3 is 4.57 Å². The number of hydrogen-bond acceptors (Lipinski definition) is 4. The Morgan fingerprint density at radius 1 is 0.367 bits per heavy atom. The van der Waals surface area contributed by atoms with Gasteiger partial charge in [-0.05, 0) is 78.9 Å². The zero-order valence-electron chi connectivity index (χ0n) is 26.2. The Kier molecular flexibility index (Phi) is 6.04. The summed E-state index contributed by atoms with van der Waals surface area (Å²) in [6.45, 7) is 0. The van der Waals surface area contributed by atoms with E-state index in [4.69, 9.17) is 19.9 Å². The zero-order chi connectivity index (χ0) is 32.3. The first-order valence-corrected chi connectivity index (χ1v) is 16.2. The second-order valence-electron chi connectivity index (χ2n) is 12.0. The number of pyridine rings is 2. The van der Waals surface area contributed by atoms with Crippen molar-refractivity contribution in [3.05, 3.63) is 164 Å². The third kappa shape index (κ3) is 4.29. The molecule has 0 saturated heterocycles. The van der Waals surface area contributed by atoms with Gasteiger partial charge >= 0.3 is 0 Å². The van der Waals surface area contributed by atoms with Crippen LogP contribution in [0.5, 0.6) is 0 Å². The zero-order valence-corrected chi connectivity index (χ0v) is 26.2. The third-order valence-corrected chi connectivity index (χ3v) is 9.13. The summed E-state index contributed by atoms with van der Waals surface area (Å²) in [5, 5.41) is 2.40. The summed E-state index contributed by atoms with van der Waals surface area (Å²) < 4.78 is 6.64. The van der Waals surface area contributed by atoms with Crippen LogP contribution in [-0.4, -0.2) is 33.6 Å². The van der Waals surface area contributed by atoms with Gasteiger partial charge in [-0.25, -0.2) is 19.9 Å². The largest absolute Gasteiger partial charge is 0.309 e. The lowest BCUT2D eigenvalue weighted by Gasteiger charge is -2.15. The molecule has 5 aromatic heterocycles. The average Bonchev–Trinajstić information content (AvgIpc) is 3.86. The summed E-state index contributed by atoms with van der Waals surface area (Å²) in [6, 6.07) is 52.3. The molecule has 230 valence electrons. The van der Waals surface area contributed by atoms with Gasteiger partial charge in [0.1, 0.15) is 22.7 Å². The number of benzene rings is 5. The quantitative estimate of drug-likeness (QED) is 0.190. The Morgan fingerprint density at radius 2 is 0.816 bits per heavy atom. The molecular weight excluding hydrogens is 603 g/mol. The molecule has 0 N–H and O–H groups in total. The normalized spacial score (nSPS) is 11.7. The van der Waals surface area contributed by atoms with Gasteiger partial charge in [0.15, 0.2) is 11.3 Å². The highest BCUT2D eigenvalue weighted by atomic mass is 15.1. The molecule has 49 heavy (non-hydrogen) atoms. The fourth-order valence-corrected chi connectivity index (χ4v) is 7.05. The first-order valence-electron chi connectivity index (χ1n) is 16.2. The smallest absolute Gasteiger partial charge is 0.164 e. The van der Waals surface area contributed by atoms with E-state index in [2.05, 4.69) is 105 Å².